The molecule has 0 aliphatic heterocycles. The van der Waals surface area contributed by atoms with Gasteiger partial charge in [-0.15, -0.1) is 0 Å². The van der Waals surface area contributed by atoms with Crippen LogP contribution in [0.2, 0.25) is 5.02 Å². The molecule has 3 heteroatoms. The minimum absolute atomic E-state index is 0.402. The molecule has 62 valence electrons. The highest BCUT2D eigenvalue weighted by Crippen LogP contribution is 2.14. The lowest BCUT2D eigenvalue weighted by Gasteiger charge is -1.94. The van der Waals surface area contributed by atoms with E-state index in [1.165, 1.54) is 6.20 Å². The van der Waals surface area contributed by atoms with Crippen molar-refractivity contribution in [2.24, 2.45) is 0 Å². The van der Waals surface area contributed by atoms with Crippen molar-refractivity contribution in [3.05, 3.63) is 28.8 Å². The zero-order valence-electron chi connectivity index (χ0n) is 6.86. The Morgan fingerprint density at radius 3 is 2.36 bits per heavy atom. The van der Waals surface area contributed by atoms with Crippen LogP contribution in [-0.2, 0) is 0 Å². The standard InChI is InChI=1S/C6H5ClFN.C2H6/c1-4-5(7)2-3-9-6(4)8;1-2/h2-3H,1H3;1-2H3. The molecule has 1 aromatic heterocycles. The molecule has 0 bridgehead atoms. The van der Waals surface area contributed by atoms with E-state index in [4.69, 9.17) is 11.6 Å². The molecule has 0 radical (unpaired) electrons. The van der Waals surface area contributed by atoms with Crippen LogP contribution in [0.5, 0.6) is 0 Å². The number of halogens is 2. The molecule has 1 rings (SSSR count). The average molecular weight is 176 g/mol. The molecule has 1 heterocycles. The van der Waals surface area contributed by atoms with Gasteiger partial charge in [0.2, 0.25) is 5.95 Å². The summed E-state index contributed by atoms with van der Waals surface area (Å²) in [5, 5.41) is 0.419. The third-order valence-electron chi connectivity index (χ3n) is 1.08. The smallest absolute Gasteiger partial charge is 0.217 e. The lowest BCUT2D eigenvalue weighted by atomic mass is 10.3. The fourth-order valence-corrected chi connectivity index (χ4v) is 0.623. The van der Waals surface area contributed by atoms with Crippen LogP contribution in [-0.4, -0.2) is 4.98 Å². The molecule has 0 atom stereocenters. The van der Waals surface area contributed by atoms with Gasteiger partial charge in [0.05, 0.1) is 0 Å². The maximum absolute atomic E-state index is 12.4. The van der Waals surface area contributed by atoms with Crippen LogP contribution in [0.25, 0.3) is 0 Å². The van der Waals surface area contributed by atoms with Gasteiger partial charge >= 0.3 is 0 Å². The predicted molar refractivity (Wildman–Crippen MR) is 45.3 cm³/mol. The fraction of sp³-hybridized carbons (Fsp3) is 0.375. The molecular formula is C8H11ClFN. The van der Waals surface area contributed by atoms with Crippen molar-refractivity contribution in [3.8, 4) is 0 Å². The highest BCUT2D eigenvalue weighted by molar-refractivity contribution is 6.31. The van der Waals surface area contributed by atoms with Crippen molar-refractivity contribution in [2.45, 2.75) is 20.8 Å². The molecule has 11 heavy (non-hydrogen) atoms. The van der Waals surface area contributed by atoms with Crippen molar-refractivity contribution < 1.29 is 4.39 Å². The summed E-state index contributed by atoms with van der Waals surface area (Å²) >= 11 is 5.53. The van der Waals surface area contributed by atoms with Crippen molar-refractivity contribution in [3.63, 3.8) is 0 Å². The van der Waals surface area contributed by atoms with Gasteiger partial charge in [0.15, 0.2) is 0 Å². The second kappa shape index (κ2) is 5.08. The third kappa shape index (κ3) is 2.85. The summed E-state index contributed by atoms with van der Waals surface area (Å²) in [5.41, 5.74) is 0.402. The first-order valence-corrected chi connectivity index (χ1v) is 3.86. The summed E-state index contributed by atoms with van der Waals surface area (Å²) in [5.74, 6) is -0.498. The molecule has 0 amide bonds. The Morgan fingerprint density at radius 1 is 1.45 bits per heavy atom. The van der Waals surface area contributed by atoms with Crippen LogP contribution >= 0.6 is 11.6 Å². The predicted octanol–water partition coefficient (Wildman–Crippen LogP) is 3.21. The first kappa shape index (κ1) is 10.4. The van der Waals surface area contributed by atoms with Crippen LogP contribution in [0.1, 0.15) is 19.4 Å². The summed E-state index contributed by atoms with van der Waals surface area (Å²) in [6.45, 7) is 5.59. The van der Waals surface area contributed by atoms with E-state index in [1.807, 2.05) is 13.8 Å². The lowest BCUT2D eigenvalue weighted by Crippen LogP contribution is -1.86. The SMILES string of the molecule is CC.Cc1c(Cl)ccnc1F. The van der Waals surface area contributed by atoms with E-state index in [9.17, 15) is 4.39 Å². The van der Waals surface area contributed by atoms with Gasteiger partial charge in [-0.3, -0.25) is 0 Å². The highest BCUT2D eigenvalue weighted by atomic mass is 35.5. The molecule has 0 spiro atoms. The molecule has 0 aromatic carbocycles. The number of nitrogens with zero attached hydrogens (tertiary/aromatic N) is 1. The van der Waals surface area contributed by atoms with Crippen LogP contribution in [0.4, 0.5) is 4.39 Å². The van der Waals surface area contributed by atoms with Gasteiger partial charge < -0.3 is 0 Å². The minimum atomic E-state index is -0.498. The zero-order chi connectivity index (χ0) is 8.85. The van der Waals surface area contributed by atoms with E-state index in [2.05, 4.69) is 4.98 Å². The Kier molecular flexibility index (Phi) is 4.79. The van der Waals surface area contributed by atoms with E-state index >= 15 is 0 Å². The van der Waals surface area contributed by atoms with E-state index in [-0.39, 0.29) is 0 Å². The first-order chi connectivity index (χ1) is 5.22. The molecule has 0 fully saturated rings. The molecule has 0 aliphatic rings. The number of rotatable bonds is 0. The summed E-state index contributed by atoms with van der Waals surface area (Å²) in [4.78, 5) is 3.39. The second-order valence-corrected chi connectivity index (χ2v) is 2.12. The van der Waals surface area contributed by atoms with Gasteiger partial charge in [-0.05, 0) is 13.0 Å². The zero-order valence-corrected chi connectivity index (χ0v) is 7.61. The van der Waals surface area contributed by atoms with E-state index in [0.717, 1.165) is 0 Å². The topological polar surface area (TPSA) is 12.9 Å². The highest BCUT2D eigenvalue weighted by Gasteiger charge is 1.99. The summed E-state index contributed by atoms with van der Waals surface area (Å²) in [6.07, 6.45) is 1.34. The number of hydrogen-bond acceptors (Lipinski definition) is 1. The Bertz CT molecular complexity index is 205. The number of aromatic nitrogens is 1. The maximum Gasteiger partial charge on any atom is 0.217 e. The van der Waals surface area contributed by atoms with Crippen LogP contribution < -0.4 is 0 Å². The van der Waals surface area contributed by atoms with Crippen LogP contribution in [0.3, 0.4) is 0 Å². The molecular weight excluding hydrogens is 165 g/mol. The molecule has 1 nitrogen and oxygen atoms in total. The second-order valence-electron chi connectivity index (χ2n) is 1.71. The summed E-state index contributed by atoms with van der Waals surface area (Å²) in [7, 11) is 0. The van der Waals surface area contributed by atoms with Gasteiger partial charge in [-0.1, -0.05) is 25.4 Å². The van der Waals surface area contributed by atoms with Crippen LogP contribution in [0.15, 0.2) is 12.3 Å². The van der Waals surface area contributed by atoms with E-state index in [1.54, 1.807) is 13.0 Å². The molecule has 0 saturated carbocycles. The molecule has 0 aliphatic carbocycles. The van der Waals surface area contributed by atoms with Gasteiger partial charge in [0.25, 0.3) is 0 Å². The first-order valence-electron chi connectivity index (χ1n) is 3.48. The number of pyridine rings is 1. The lowest BCUT2D eigenvalue weighted by molar-refractivity contribution is 0.574. The molecule has 1 aromatic rings. The quantitative estimate of drug-likeness (QED) is 0.552. The van der Waals surface area contributed by atoms with Crippen molar-refractivity contribution in [1.82, 2.24) is 4.98 Å². The van der Waals surface area contributed by atoms with Gasteiger partial charge in [0, 0.05) is 16.8 Å². The van der Waals surface area contributed by atoms with Gasteiger partial charge in [-0.2, -0.15) is 4.39 Å². The molecule has 0 saturated heterocycles. The van der Waals surface area contributed by atoms with Gasteiger partial charge in [0.1, 0.15) is 0 Å². The van der Waals surface area contributed by atoms with E-state index in [0.29, 0.717) is 10.6 Å². The summed E-state index contributed by atoms with van der Waals surface area (Å²) < 4.78 is 12.4. The monoisotopic (exact) mass is 175 g/mol. The van der Waals surface area contributed by atoms with Crippen LogP contribution in [0, 0.1) is 12.9 Å². The van der Waals surface area contributed by atoms with Crippen molar-refractivity contribution in [1.29, 1.82) is 0 Å². The fourth-order valence-electron chi connectivity index (χ4n) is 0.489. The number of hydrogen-bond donors (Lipinski definition) is 0. The summed E-state index contributed by atoms with van der Waals surface area (Å²) in [6, 6.07) is 1.56. The normalized spacial score (nSPS) is 8.45. The third-order valence-corrected chi connectivity index (χ3v) is 1.49. The Balaban J connectivity index is 0.000000461. The van der Waals surface area contributed by atoms with E-state index < -0.39 is 5.95 Å². The van der Waals surface area contributed by atoms with Gasteiger partial charge in [-0.25, -0.2) is 4.98 Å². The minimum Gasteiger partial charge on any atom is -0.228 e. The Morgan fingerprint density at radius 2 is 2.00 bits per heavy atom. The molecule has 0 unspecified atom stereocenters. The largest absolute Gasteiger partial charge is 0.228 e. The Hall–Kier alpha value is -0.630. The van der Waals surface area contributed by atoms with Crippen molar-refractivity contribution in [2.75, 3.05) is 0 Å². The van der Waals surface area contributed by atoms with Crippen molar-refractivity contribution >= 4 is 11.6 Å². The average Bonchev–Trinajstić information content (AvgIpc) is 2.04. The molecule has 0 N–H and O–H groups in total. The Labute approximate surface area is 71.2 Å². The maximum atomic E-state index is 12.4.